The van der Waals surface area contributed by atoms with E-state index in [1.807, 2.05) is 0 Å². The number of carbonyl (C=O) groups excluding carboxylic acids is 1. The quantitative estimate of drug-likeness (QED) is 0.392. The zero-order valence-corrected chi connectivity index (χ0v) is 7.86. The maximum Gasteiger partial charge on any atom is 0.347 e. The fourth-order valence-corrected chi connectivity index (χ4v) is 2.02. The number of esters is 1. The lowest BCUT2D eigenvalue weighted by molar-refractivity contribution is -0.138. The minimum Gasteiger partial charge on any atom is -0.462 e. The van der Waals surface area contributed by atoms with E-state index in [1.165, 1.54) is 0 Å². The van der Waals surface area contributed by atoms with Gasteiger partial charge in [0.2, 0.25) is 0 Å². The van der Waals surface area contributed by atoms with Gasteiger partial charge in [0.15, 0.2) is 0 Å². The van der Waals surface area contributed by atoms with Gasteiger partial charge in [0, 0.05) is 0 Å². The molecule has 1 heterocycles. The van der Waals surface area contributed by atoms with E-state index >= 15 is 0 Å². The Bertz CT molecular complexity index is 311. The first-order valence-corrected chi connectivity index (χ1v) is 5.03. The highest BCUT2D eigenvalue weighted by Crippen LogP contribution is 2.36. The van der Waals surface area contributed by atoms with Gasteiger partial charge in [-0.1, -0.05) is 11.6 Å². The molecule has 0 spiro atoms. The molecule has 1 aliphatic rings. The van der Waals surface area contributed by atoms with Crippen molar-refractivity contribution < 1.29 is 22.5 Å². The first kappa shape index (κ1) is 10.0. The lowest BCUT2D eigenvalue weighted by Gasteiger charge is -2.14. The molecule has 1 aliphatic heterocycles. The van der Waals surface area contributed by atoms with E-state index in [1.54, 1.807) is 0 Å². The van der Waals surface area contributed by atoms with Crippen molar-refractivity contribution in [1.29, 1.82) is 0 Å². The van der Waals surface area contributed by atoms with Gasteiger partial charge in [-0.15, -0.1) is 11.6 Å². The first-order valence-electron chi connectivity index (χ1n) is 2.77. The molecule has 0 aromatic heterocycles. The van der Waals surface area contributed by atoms with Crippen LogP contribution in [0.1, 0.15) is 0 Å². The molecule has 2 unspecified atom stereocenters. The smallest absolute Gasteiger partial charge is 0.347 e. The summed E-state index contributed by atoms with van der Waals surface area (Å²) in [5.41, 5.74) is 0. The molecule has 8 heteroatoms. The predicted molar refractivity (Wildman–Crippen MR) is 40.7 cm³/mol. The van der Waals surface area contributed by atoms with Crippen molar-refractivity contribution >= 4 is 39.3 Å². The van der Waals surface area contributed by atoms with Gasteiger partial charge in [-0.2, -0.15) is 8.42 Å². The molecule has 12 heavy (non-hydrogen) atoms. The lowest BCUT2D eigenvalue weighted by Crippen LogP contribution is -2.43. The average Bonchev–Trinajstić information content (AvgIpc) is 2.16. The Morgan fingerprint density at radius 3 is 2.33 bits per heavy atom. The second-order valence-corrected chi connectivity index (χ2v) is 5.13. The highest BCUT2D eigenvalue weighted by atomic mass is 35.5. The zero-order valence-electron chi connectivity index (χ0n) is 5.53. The summed E-state index contributed by atoms with van der Waals surface area (Å²) in [5.74, 6) is -1.24. The van der Waals surface area contributed by atoms with Gasteiger partial charge >= 0.3 is 5.97 Å². The molecule has 0 radical (unpaired) electrons. The number of halogens is 2. The number of rotatable bonds is 1. The first-order chi connectivity index (χ1) is 5.30. The Kier molecular flexibility index (Phi) is 2.28. The van der Waals surface area contributed by atoms with Crippen LogP contribution in [0, 0.1) is 0 Å². The Hall–Kier alpha value is -0.0400. The summed E-state index contributed by atoms with van der Waals surface area (Å²) in [5, 5.41) is -1.28. The summed E-state index contributed by atoms with van der Waals surface area (Å²) in [6.07, 6.45) is 0. The zero-order chi connectivity index (χ0) is 9.57. The fourth-order valence-electron chi connectivity index (χ4n) is 0.749. The third-order valence-electron chi connectivity index (χ3n) is 1.42. The van der Waals surface area contributed by atoms with Gasteiger partial charge in [-0.3, -0.25) is 4.55 Å². The van der Waals surface area contributed by atoms with Crippen LogP contribution in [0.4, 0.5) is 0 Å². The molecule has 2 atom stereocenters. The summed E-state index contributed by atoms with van der Waals surface area (Å²) in [4.78, 5) is 10.8. The molecular formula is C4H4Cl2O5S. The van der Waals surface area contributed by atoms with E-state index in [4.69, 9.17) is 27.8 Å². The number of alkyl halides is 2. The second kappa shape index (κ2) is 2.73. The van der Waals surface area contributed by atoms with E-state index < -0.39 is 25.7 Å². The molecule has 0 amide bonds. The summed E-state index contributed by atoms with van der Waals surface area (Å²) in [6, 6.07) is 0. The molecule has 0 aliphatic carbocycles. The SMILES string of the molecule is O=C1OCC(Cl)C1(Cl)S(=O)(=O)O. The van der Waals surface area contributed by atoms with Crippen LogP contribution in [-0.2, 0) is 19.6 Å². The normalized spacial score (nSPS) is 36.6. The summed E-state index contributed by atoms with van der Waals surface area (Å²) >= 11 is 10.7. The molecule has 1 rings (SSSR count). The van der Waals surface area contributed by atoms with E-state index in [9.17, 15) is 13.2 Å². The van der Waals surface area contributed by atoms with Crippen molar-refractivity contribution in [2.45, 2.75) is 9.58 Å². The fraction of sp³-hybridized carbons (Fsp3) is 0.750. The van der Waals surface area contributed by atoms with Crippen LogP contribution in [0.15, 0.2) is 0 Å². The van der Waals surface area contributed by atoms with Crippen LogP contribution in [0.5, 0.6) is 0 Å². The van der Waals surface area contributed by atoms with E-state index in [-0.39, 0.29) is 6.61 Å². The van der Waals surface area contributed by atoms with E-state index in [0.29, 0.717) is 0 Å². The maximum absolute atomic E-state index is 10.8. The van der Waals surface area contributed by atoms with Gasteiger partial charge in [-0.05, 0) is 0 Å². The van der Waals surface area contributed by atoms with Gasteiger partial charge < -0.3 is 4.74 Å². The number of ether oxygens (including phenoxy) is 1. The summed E-state index contributed by atoms with van der Waals surface area (Å²) < 4.78 is 31.5. The highest BCUT2D eigenvalue weighted by molar-refractivity contribution is 7.89. The van der Waals surface area contributed by atoms with Gasteiger partial charge in [0.25, 0.3) is 14.3 Å². The van der Waals surface area contributed by atoms with Crippen LogP contribution in [0.2, 0.25) is 0 Å². The van der Waals surface area contributed by atoms with Crippen LogP contribution < -0.4 is 0 Å². The molecule has 70 valence electrons. The van der Waals surface area contributed by atoms with Gasteiger partial charge in [-0.25, -0.2) is 4.79 Å². The van der Waals surface area contributed by atoms with Crippen LogP contribution >= 0.6 is 23.2 Å². The van der Waals surface area contributed by atoms with Crippen LogP contribution in [-0.4, -0.2) is 35.1 Å². The standard InChI is InChI=1S/C4H4Cl2O5S/c5-2-1-11-3(7)4(2,6)12(8,9)10/h2H,1H2,(H,8,9,10). The highest BCUT2D eigenvalue weighted by Gasteiger charge is 2.60. The molecule has 1 fully saturated rings. The maximum atomic E-state index is 10.8. The second-order valence-electron chi connectivity index (χ2n) is 2.19. The van der Waals surface area contributed by atoms with Gasteiger partial charge in [0.05, 0.1) is 0 Å². The Morgan fingerprint density at radius 2 is 2.17 bits per heavy atom. The molecular weight excluding hydrogens is 231 g/mol. The molecule has 1 saturated heterocycles. The van der Waals surface area contributed by atoms with Crippen LogP contribution in [0.3, 0.4) is 0 Å². The molecule has 0 aromatic carbocycles. The number of hydrogen-bond acceptors (Lipinski definition) is 4. The van der Waals surface area contributed by atoms with Crippen molar-refractivity contribution in [3.05, 3.63) is 0 Å². The molecule has 0 aromatic rings. The molecule has 0 saturated carbocycles. The Labute approximate surface area is 78.3 Å². The molecule has 0 bridgehead atoms. The number of carbonyl (C=O) groups is 1. The lowest BCUT2D eigenvalue weighted by atomic mass is 10.3. The minimum absolute atomic E-state index is 0.330. The van der Waals surface area contributed by atoms with Gasteiger partial charge in [0.1, 0.15) is 12.0 Å². The third kappa shape index (κ3) is 1.19. The van der Waals surface area contributed by atoms with Crippen molar-refractivity contribution in [3.8, 4) is 0 Å². The third-order valence-corrected chi connectivity index (χ3v) is 4.32. The number of hydrogen-bond donors (Lipinski definition) is 1. The summed E-state index contributed by atoms with van der Waals surface area (Å²) in [7, 11) is -4.74. The monoisotopic (exact) mass is 234 g/mol. The number of cyclic esters (lactones) is 1. The topological polar surface area (TPSA) is 80.7 Å². The van der Waals surface area contributed by atoms with Crippen molar-refractivity contribution in [2.75, 3.05) is 6.61 Å². The molecule has 5 nitrogen and oxygen atoms in total. The van der Waals surface area contributed by atoms with E-state index in [0.717, 1.165) is 0 Å². The minimum atomic E-state index is -4.74. The van der Waals surface area contributed by atoms with Crippen molar-refractivity contribution in [1.82, 2.24) is 0 Å². The average molecular weight is 235 g/mol. The van der Waals surface area contributed by atoms with Crippen molar-refractivity contribution in [3.63, 3.8) is 0 Å². The van der Waals surface area contributed by atoms with Crippen LogP contribution in [0.25, 0.3) is 0 Å². The Morgan fingerprint density at radius 1 is 1.67 bits per heavy atom. The summed E-state index contributed by atoms with van der Waals surface area (Å²) in [6.45, 7) is -0.330. The molecule has 1 N–H and O–H groups in total. The largest absolute Gasteiger partial charge is 0.462 e. The van der Waals surface area contributed by atoms with E-state index in [2.05, 4.69) is 4.74 Å². The van der Waals surface area contributed by atoms with Crippen molar-refractivity contribution in [2.24, 2.45) is 0 Å². The Balaban J connectivity index is 3.21. The predicted octanol–water partition coefficient (Wildman–Crippen LogP) is -0.0265.